The Hall–Kier alpha value is -1.92. The van der Waals surface area contributed by atoms with E-state index in [1.807, 2.05) is 6.92 Å². The van der Waals surface area contributed by atoms with Crippen molar-refractivity contribution >= 4 is 45.3 Å². The van der Waals surface area contributed by atoms with Crippen LogP contribution < -0.4 is 10.6 Å². The summed E-state index contributed by atoms with van der Waals surface area (Å²) in [5.74, 6) is -0.250. The summed E-state index contributed by atoms with van der Waals surface area (Å²) in [6.45, 7) is 2.21. The Kier molecular flexibility index (Phi) is 5.45. The fraction of sp³-hybridized carbons (Fsp3) is 0.429. The summed E-state index contributed by atoms with van der Waals surface area (Å²) in [4.78, 5) is 13.8. The largest absolute Gasteiger partial charge is 0.462 e. The summed E-state index contributed by atoms with van der Waals surface area (Å²) in [6, 6.07) is 6.44. The van der Waals surface area contributed by atoms with Gasteiger partial charge in [-0.25, -0.2) is 4.79 Å². The number of hydrogen-bond donors (Lipinski definition) is 2. The second-order valence-corrected chi connectivity index (χ2v) is 8.57. The number of thiophene rings is 1. The molecule has 0 unspecified atom stereocenters. The number of carbonyl (C=O) groups excluding carboxylic acids is 1. The highest BCUT2D eigenvalue weighted by Crippen LogP contribution is 2.38. The number of carbonyl (C=O) groups is 1. The maximum Gasteiger partial charge on any atom is 0.341 e. The van der Waals surface area contributed by atoms with Crippen LogP contribution in [0, 0.1) is 0 Å². The highest BCUT2D eigenvalue weighted by atomic mass is 32.1. The number of fused-ring (bicyclic) bond motifs is 2. The number of rotatable bonds is 4. The van der Waals surface area contributed by atoms with E-state index in [-0.39, 0.29) is 5.97 Å². The van der Waals surface area contributed by atoms with Crippen LogP contribution in [0.2, 0.25) is 0 Å². The number of hydrogen-bond acceptors (Lipinski definition) is 4. The number of thiocarbonyl (C=S) groups is 1. The number of nitrogens with one attached hydrogen (secondary N) is 2. The molecule has 4 rings (SSSR count). The Morgan fingerprint density at radius 1 is 1.11 bits per heavy atom. The highest BCUT2D eigenvalue weighted by Gasteiger charge is 2.26. The average Bonchev–Trinajstić information content (AvgIpc) is 3.25. The molecule has 2 aromatic rings. The molecule has 4 nitrogen and oxygen atoms in total. The molecule has 6 heteroatoms. The minimum absolute atomic E-state index is 0.250. The minimum atomic E-state index is -0.250. The van der Waals surface area contributed by atoms with E-state index in [2.05, 4.69) is 28.8 Å². The zero-order valence-corrected chi connectivity index (χ0v) is 17.2. The first-order chi connectivity index (χ1) is 13.2. The molecule has 0 amide bonds. The van der Waals surface area contributed by atoms with Gasteiger partial charge in [-0.3, -0.25) is 0 Å². The van der Waals surface area contributed by atoms with Crippen molar-refractivity contribution in [2.45, 2.75) is 51.9 Å². The summed E-state index contributed by atoms with van der Waals surface area (Å²) in [5.41, 5.74) is 5.66. The molecular formula is C21H24N2O2S2. The Morgan fingerprint density at radius 3 is 2.78 bits per heavy atom. The molecule has 0 atom stereocenters. The van der Waals surface area contributed by atoms with Crippen molar-refractivity contribution in [3.05, 3.63) is 45.3 Å². The first-order valence-corrected chi connectivity index (χ1v) is 10.9. The average molecular weight is 401 g/mol. The van der Waals surface area contributed by atoms with Gasteiger partial charge in [0.2, 0.25) is 0 Å². The first-order valence-electron chi connectivity index (χ1n) is 9.67. The van der Waals surface area contributed by atoms with E-state index in [9.17, 15) is 4.79 Å². The summed E-state index contributed by atoms with van der Waals surface area (Å²) >= 11 is 7.17. The third-order valence-corrected chi connectivity index (χ3v) is 6.65. The topological polar surface area (TPSA) is 50.4 Å². The van der Waals surface area contributed by atoms with Crippen LogP contribution >= 0.6 is 23.6 Å². The molecule has 0 spiro atoms. The third kappa shape index (κ3) is 3.87. The second kappa shape index (κ2) is 7.98. The van der Waals surface area contributed by atoms with Crippen LogP contribution in [0.4, 0.5) is 10.7 Å². The zero-order chi connectivity index (χ0) is 18.8. The van der Waals surface area contributed by atoms with Gasteiger partial charge < -0.3 is 15.4 Å². The fourth-order valence-corrected chi connectivity index (χ4v) is 5.55. The Labute approximate surface area is 169 Å². The predicted octanol–water partition coefficient (Wildman–Crippen LogP) is 5.10. The number of aryl methyl sites for hydroxylation is 3. The number of benzene rings is 1. The molecular weight excluding hydrogens is 376 g/mol. The van der Waals surface area contributed by atoms with Crippen molar-refractivity contribution in [3.63, 3.8) is 0 Å². The van der Waals surface area contributed by atoms with E-state index in [0.717, 1.165) is 41.9 Å². The molecule has 2 N–H and O–H groups in total. The van der Waals surface area contributed by atoms with Gasteiger partial charge in [0.15, 0.2) is 5.11 Å². The normalized spacial score (nSPS) is 15.0. The molecule has 1 aromatic carbocycles. The molecule has 2 aliphatic rings. The Balaban J connectivity index is 1.53. The van der Waals surface area contributed by atoms with Gasteiger partial charge in [0.1, 0.15) is 5.00 Å². The monoisotopic (exact) mass is 400 g/mol. The molecule has 0 bridgehead atoms. The first kappa shape index (κ1) is 18.4. The van der Waals surface area contributed by atoms with Crippen LogP contribution in [0.25, 0.3) is 0 Å². The van der Waals surface area contributed by atoms with Crippen LogP contribution in [0.5, 0.6) is 0 Å². The molecule has 2 aliphatic carbocycles. The van der Waals surface area contributed by atoms with E-state index in [4.69, 9.17) is 17.0 Å². The predicted molar refractivity (Wildman–Crippen MR) is 115 cm³/mol. The molecule has 0 fully saturated rings. The van der Waals surface area contributed by atoms with E-state index in [1.165, 1.54) is 35.3 Å². The third-order valence-electron chi connectivity index (χ3n) is 5.23. The lowest BCUT2D eigenvalue weighted by atomic mass is 9.95. The highest BCUT2D eigenvalue weighted by molar-refractivity contribution is 7.80. The van der Waals surface area contributed by atoms with Crippen molar-refractivity contribution in [1.29, 1.82) is 0 Å². The standard InChI is InChI=1S/C21H24N2O2S2/c1-2-25-20(24)18-16-8-3-4-9-17(16)27-19(18)23-21(26)22-15-11-10-13-6-5-7-14(13)12-15/h10-12H,2-9H2,1H3,(H2,22,23,26). The van der Waals surface area contributed by atoms with Gasteiger partial charge in [-0.1, -0.05) is 6.07 Å². The van der Waals surface area contributed by atoms with E-state index < -0.39 is 0 Å². The summed E-state index contributed by atoms with van der Waals surface area (Å²) in [6.07, 6.45) is 7.79. The zero-order valence-electron chi connectivity index (χ0n) is 15.5. The molecule has 0 radical (unpaired) electrons. The molecule has 0 aliphatic heterocycles. The van der Waals surface area contributed by atoms with Gasteiger partial charge in [0, 0.05) is 10.6 Å². The van der Waals surface area contributed by atoms with Crippen molar-refractivity contribution in [3.8, 4) is 0 Å². The van der Waals surface area contributed by atoms with Gasteiger partial charge in [-0.15, -0.1) is 11.3 Å². The van der Waals surface area contributed by atoms with E-state index in [0.29, 0.717) is 17.3 Å². The van der Waals surface area contributed by atoms with Gasteiger partial charge in [-0.05, 0) is 92.9 Å². The van der Waals surface area contributed by atoms with Crippen LogP contribution in [-0.4, -0.2) is 17.7 Å². The fourth-order valence-electron chi connectivity index (χ4n) is 3.99. The Bertz CT molecular complexity index is 889. The molecule has 27 heavy (non-hydrogen) atoms. The van der Waals surface area contributed by atoms with Gasteiger partial charge in [-0.2, -0.15) is 0 Å². The lowest BCUT2D eigenvalue weighted by Gasteiger charge is -2.13. The molecule has 1 heterocycles. The van der Waals surface area contributed by atoms with Crippen LogP contribution in [0.15, 0.2) is 18.2 Å². The minimum Gasteiger partial charge on any atom is -0.462 e. The maximum absolute atomic E-state index is 12.5. The smallest absolute Gasteiger partial charge is 0.341 e. The van der Waals surface area contributed by atoms with Crippen molar-refractivity contribution in [2.24, 2.45) is 0 Å². The van der Waals surface area contributed by atoms with E-state index in [1.54, 1.807) is 11.3 Å². The van der Waals surface area contributed by atoms with Crippen molar-refractivity contribution in [2.75, 3.05) is 17.2 Å². The van der Waals surface area contributed by atoms with E-state index >= 15 is 0 Å². The number of anilines is 2. The lowest BCUT2D eigenvalue weighted by molar-refractivity contribution is 0.0526. The number of esters is 1. The molecule has 0 saturated heterocycles. The van der Waals surface area contributed by atoms with Crippen molar-refractivity contribution in [1.82, 2.24) is 0 Å². The maximum atomic E-state index is 12.5. The van der Waals surface area contributed by atoms with Crippen LogP contribution in [-0.2, 0) is 30.4 Å². The summed E-state index contributed by atoms with van der Waals surface area (Å²) < 4.78 is 5.31. The SMILES string of the molecule is CCOC(=O)c1c(NC(=S)Nc2ccc3c(c2)CCC3)sc2c1CCCC2. The van der Waals surface area contributed by atoms with Gasteiger partial charge >= 0.3 is 5.97 Å². The second-order valence-electron chi connectivity index (χ2n) is 7.05. The van der Waals surface area contributed by atoms with Crippen LogP contribution in [0.1, 0.15) is 58.1 Å². The van der Waals surface area contributed by atoms with Crippen LogP contribution in [0.3, 0.4) is 0 Å². The molecule has 1 aromatic heterocycles. The van der Waals surface area contributed by atoms with Gasteiger partial charge in [0.05, 0.1) is 12.2 Å². The summed E-state index contributed by atoms with van der Waals surface area (Å²) in [7, 11) is 0. The Morgan fingerprint density at radius 2 is 1.93 bits per heavy atom. The molecule has 142 valence electrons. The van der Waals surface area contributed by atoms with Gasteiger partial charge in [0.25, 0.3) is 0 Å². The lowest BCUT2D eigenvalue weighted by Crippen LogP contribution is -2.20. The molecule has 0 saturated carbocycles. The number of ether oxygens (including phenoxy) is 1. The quantitative estimate of drug-likeness (QED) is 0.552. The van der Waals surface area contributed by atoms with Crippen molar-refractivity contribution < 1.29 is 9.53 Å². The summed E-state index contributed by atoms with van der Waals surface area (Å²) in [5, 5.41) is 7.85.